The number of aliphatic carboxylic acids is 1. The van der Waals surface area contributed by atoms with Crippen molar-refractivity contribution in [2.45, 2.75) is 32.4 Å². The molecule has 0 aromatic heterocycles. The number of benzene rings is 2. The minimum absolute atomic E-state index is 0.348. The van der Waals surface area contributed by atoms with Crippen LogP contribution in [0.1, 0.15) is 25.3 Å². The van der Waals surface area contributed by atoms with Gasteiger partial charge in [0.05, 0.1) is 0 Å². The summed E-state index contributed by atoms with van der Waals surface area (Å²) in [6.45, 7) is 2.42. The van der Waals surface area contributed by atoms with E-state index in [4.69, 9.17) is 9.84 Å². The molecule has 23 heavy (non-hydrogen) atoms. The van der Waals surface area contributed by atoms with Crippen molar-refractivity contribution in [1.29, 1.82) is 0 Å². The average Bonchev–Trinajstić information content (AvgIpc) is 2.52. The minimum atomic E-state index is -0.835. The number of carbonyl (C=O) groups is 1. The molecular weight excluding hydrogens is 297 g/mol. The first kappa shape index (κ1) is 17.0. The van der Waals surface area contributed by atoms with Gasteiger partial charge in [-0.1, -0.05) is 31.5 Å². The van der Waals surface area contributed by atoms with Crippen molar-refractivity contribution in [2.24, 2.45) is 0 Å². The van der Waals surface area contributed by atoms with E-state index < -0.39 is 12.0 Å². The molecule has 0 aliphatic rings. The van der Waals surface area contributed by atoms with Crippen molar-refractivity contribution in [1.82, 2.24) is 5.32 Å². The second kappa shape index (κ2) is 8.29. The predicted molar refractivity (Wildman–Crippen MR) is 86.1 cm³/mol. The minimum Gasteiger partial charge on any atom is -0.480 e. The number of nitrogens with one attached hydrogen (secondary N) is 1. The fourth-order valence-electron chi connectivity index (χ4n) is 2.18. The lowest BCUT2D eigenvalue weighted by Crippen LogP contribution is -2.35. The molecule has 0 aliphatic heterocycles. The monoisotopic (exact) mass is 317 g/mol. The van der Waals surface area contributed by atoms with Crippen molar-refractivity contribution in [3.63, 3.8) is 0 Å². The second-order valence-corrected chi connectivity index (χ2v) is 5.26. The molecule has 1 unspecified atom stereocenters. The third-order valence-corrected chi connectivity index (χ3v) is 3.38. The summed E-state index contributed by atoms with van der Waals surface area (Å²) in [7, 11) is 0. The number of carboxylic acids is 1. The fourth-order valence-corrected chi connectivity index (χ4v) is 2.18. The zero-order valence-electron chi connectivity index (χ0n) is 13.0. The Bertz CT molecular complexity index is 643. The lowest BCUT2D eigenvalue weighted by Gasteiger charge is -2.13. The van der Waals surface area contributed by atoms with E-state index >= 15 is 0 Å². The van der Waals surface area contributed by atoms with E-state index in [1.165, 1.54) is 12.1 Å². The van der Waals surface area contributed by atoms with E-state index in [1.807, 2.05) is 19.1 Å². The summed E-state index contributed by atoms with van der Waals surface area (Å²) in [6, 6.07) is 12.7. The number of ether oxygens (including phenoxy) is 1. The third-order valence-electron chi connectivity index (χ3n) is 3.38. The van der Waals surface area contributed by atoms with Gasteiger partial charge in [0.15, 0.2) is 0 Å². The van der Waals surface area contributed by atoms with Crippen LogP contribution in [0.5, 0.6) is 11.5 Å². The molecule has 0 heterocycles. The Kier molecular flexibility index (Phi) is 6.11. The van der Waals surface area contributed by atoms with E-state index in [2.05, 4.69) is 5.32 Å². The molecule has 0 radical (unpaired) electrons. The van der Waals surface area contributed by atoms with Gasteiger partial charge in [-0.25, -0.2) is 4.39 Å². The standard InChI is InChI=1S/C18H20FNO3/c1-2-4-17(18(21)22)20-12-13-7-9-15(10-8-13)23-16-6-3-5-14(19)11-16/h3,5-11,17,20H,2,4,12H2,1H3,(H,21,22). The highest BCUT2D eigenvalue weighted by Gasteiger charge is 2.14. The number of rotatable bonds is 8. The molecule has 5 heteroatoms. The van der Waals surface area contributed by atoms with Gasteiger partial charge in [0.25, 0.3) is 0 Å². The van der Waals surface area contributed by atoms with Crippen molar-refractivity contribution >= 4 is 5.97 Å². The zero-order valence-corrected chi connectivity index (χ0v) is 13.0. The summed E-state index contributed by atoms with van der Waals surface area (Å²) < 4.78 is 18.7. The topological polar surface area (TPSA) is 58.6 Å². The molecule has 2 aromatic rings. The van der Waals surface area contributed by atoms with Crippen LogP contribution in [0.2, 0.25) is 0 Å². The molecule has 2 aromatic carbocycles. The number of halogens is 1. The maximum atomic E-state index is 13.1. The van der Waals surface area contributed by atoms with Gasteiger partial charge in [0.2, 0.25) is 0 Å². The second-order valence-electron chi connectivity index (χ2n) is 5.26. The molecule has 0 spiro atoms. The molecule has 0 amide bonds. The number of hydrogen-bond acceptors (Lipinski definition) is 3. The van der Waals surface area contributed by atoms with Gasteiger partial charge in [-0.2, -0.15) is 0 Å². The Morgan fingerprint density at radius 3 is 2.57 bits per heavy atom. The van der Waals surface area contributed by atoms with E-state index in [-0.39, 0.29) is 5.82 Å². The lowest BCUT2D eigenvalue weighted by molar-refractivity contribution is -0.139. The van der Waals surface area contributed by atoms with Crippen LogP contribution in [-0.2, 0) is 11.3 Å². The summed E-state index contributed by atoms with van der Waals surface area (Å²) in [5, 5.41) is 12.1. The highest BCUT2D eigenvalue weighted by molar-refractivity contribution is 5.73. The maximum Gasteiger partial charge on any atom is 0.320 e. The SMILES string of the molecule is CCCC(NCc1ccc(Oc2cccc(F)c2)cc1)C(=O)O. The zero-order chi connectivity index (χ0) is 16.7. The predicted octanol–water partition coefficient (Wildman–Crippen LogP) is 3.96. The fraction of sp³-hybridized carbons (Fsp3) is 0.278. The van der Waals surface area contributed by atoms with Crippen LogP contribution in [0.25, 0.3) is 0 Å². The maximum absolute atomic E-state index is 13.1. The van der Waals surface area contributed by atoms with Gasteiger partial charge in [-0.05, 0) is 36.2 Å². The van der Waals surface area contributed by atoms with Gasteiger partial charge in [0, 0.05) is 12.6 Å². The van der Waals surface area contributed by atoms with Crippen LogP contribution in [0, 0.1) is 5.82 Å². The molecule has 0 aliphatic carbocycles. The van der Waals surface area contributed by atoms with Crippen molar-refractivity contribution < 1.29 is 19.0 Å². The Morgan fingerprint density at radius 2 is 1.96 bits per heavy atom. The van der Waals surface area contributed by atoms with Crippen molar-refractivity contribution in [2.75, 3.05) is 0 Å². The highest BCUT2D eigenvalue weighted by atomic mass is 19.1. The van der Waals surface area contributed by atoms with E-state index in [0.717, 1.165) is 12.0 Å². The third kappa shape index (κ3) is 5.38. The van der Waals surface area contributed by atoms with Gasteiger partial charge in [-0.15, -0.1) is 0 Å². The Balaban J connectivity index is 1.92. The normalized spacial score (nSPS) is 11.9. The van der Waals surface area contributed by atoms with Gasteiger partial charge < -0.3 is 15.2 Å². The summed E-state index contributed by atoms with van der Waals surface area (Å²) in [5.41, 5.74) is 0.957. The lowest BCUT2D eigenvalue weighted by atomic mass is 10.1. The largest absolute Gasteiger partial charge is 0.480 e. The van der Waals surface area contributed by atoms with Crippen LogP contribution in [0.3, 0.4) is 0 Å². The van der Waals surface area contributed by atoms with Crippen LogP contribution in [0.4, 0.5) is 4.39 Å². The molecule has 0 fully saturated rings. The molecule has 122 valence electrons. The highest BCUT2D eigenvalue weighted by Crippen LogP contribution is 2.22. The smallest absolute Gasteiger partial charge is 0.320 e. The van der Waals surface area contributed by atoms with Crippen molar-refractivity contribution in [3.8, 4) is 11.5 Å². The first-order chi connectivity index (χ1) is 11.1. The summed E-state index contributed by atoms with van der Waals surface area (Å²) >= 11 is 0. The molecule has 0 saturated heterocycles. The van der Waals surface area contributed by atoms with Crippen LogP contribution in [-0.4, -0.2) is 17.1 Å². The molecule has 4 nitrogen and oxygen atoms in total. The number of carboxylic acid groups (broad SMARTS) is 1. The molecule has 1 atom stereocenters. The first-order valence-corrected chi connectivity index (χ1v) is 7.57. The quantitative estimate of drug-likeness (QED) is 0.773. The first-order valence-electron chi connectivity index (χ1n) is 7.57. The van der Waals surface area contributed by atoms with Crippen LogP contribution < -0.4 is 10.1 Å². The molecule has 2 rings (SSSR count). The molecular formula is C18H20FNO3. The van der Waals surface area contributed by atoms with E-state index in [0.29, 0.717) is 24.5 Å². The van der Waals surface area contributed by atoms with Gasteiger partial charge in [-0.3, -0.25) is 4.79 Å². The molecule has 2 N–H and O–H groups in total. The van der Waals surface area contributed by atoms with Crippen LogP contribution in [0.15, 0.2) is 48.5 Å². The Hall–Kier alpha value is -2.40. The van der Waals surface area contributed by atoms with E-state index in [9.17, 15) is 9.18 Å². The van der Waals surface area contributed by atoms with E-state index in [1.54, 1.807) is 24.3 Å². The Labute approximate surface area is 134 Å². The van der Waals surface area contributed by atoms with Gasteiger partial charge in [0.1, 0.15) is 23.4 Å². The van der Waals surface area contributed by atoms with Gasteiger partial charge >= 0.3 is 5.97 Å². The van der Waals surface area contributed by atoms with Crippen LogP contribution >= 0.6 is 0 Å². The molecule has 0 saturated carbocycles. The number of hydrogen-bond donors (Lipinski definition) is 2. The molecule has 0 bridgehead atoms. The summed E-state index contributed by atoms with van der Waals surface area (Å²) in [6.07, 6.45) is 1.40. The van der Waals surface area contributed by atoms with Crippen molar-refractivity contribution in [3.05, 3.63) is 59.9 Å². The average molecular weight is 317 g/mol. The Morgan fingerprint density at radius 1 is 1.22 bits per heavy atom. The summed E-state index contributed by atoms with van der Waals surface area (Å²) in [4.78, 5) is 11.1. The summed E-state index contributed by atoms with van der Waals surface area (Å²) in [5.74, 6) is -0.149.